The molecule has 0 radical (unpaired) electrons. The van der Waals surface area contributed by atoms with Crippen LogP contribution in [0.25, 0.3) is 28.3 Å². The van der Waals surface area contributed by atoms with E-state index in [-0.39, 0.29) is 17.5 Å². The van der Waals surface area contributed by atoms with Crippen LogP contribution >= 0.6 is 24.0 Å². The zero-order chi connectivity index (χ0) is 27.5. The molecule has 1 amide bonds. The largest absolute Gasteiger partial charge is 0.496 e. The number of nitrogen functional groups attached to an aromatic ring is 1. The molecule has 3 N–H and O–H groups in total. The number of carboxylic acids is 1. The van der Waals surface area contributed by atoms with Gasteiger partial charge in [0, 0.05) is 12.1 Å². The van der Waals surface area contributed by atoms with Gasteiger partial charge in [0.15, 0.2) is 5.58 Å². The molecule has 2 heterocycles. The van der Waals surface area contributed by atoms with Crippen molar-refractivity contribution >= 4 is 63.4 Å². The number of thiocarbonyl (C=S) groups is 1. The molecule has 0 saturated carbocycles. The summed E-state index contributed by atoms with van der Waals surface area (Å²) in [6, 6.07) is 17.5. The second-order valence-corrected chi connectivity index (χ2v) is 10.2. The van der Waals surface area contributed by atoms with Crippen molar-refractivity contribution in [3.05, 3.63) is 76.7 Å². The average Bonchev–Trinajstić information content (AvgIpc) is 3.43. The molecule has 11 heteroatoms. The van der Waals surface area contributed by atoms with E-state index >= 15 is 0 Å². The molecule has 1 aliphatic heterocycles. The predicted octanol–water partition coefficient (Wildman–Crippen LogP) is 5.45. The number of carbonyl (C=O) groups is 2. The quantitative estimate of drug-likeness (QED) is 0.155. The Morgan fingerprint density at radius 1 is 1.18 bits per heavy atom. The van der Waals surface area contributed by atoms with Crippen molar-refractivity contribution in [1.29, 1.82) is 0 Å². The van der Waals surface area contributed by atoms with E-state index in [0.29, 0.717) is 51.4 Å². The summed E-state index contributed by atoms with van der Waals surface area (Å²) in [6.45, 7) is 0.760. The van der Waals surface area contributed by atoms with Gasteiger partial charge in [-0.25, -0.2) is 4.79 Å². The number of fused-ring (bicyclic) bond motifs is 1. The summed E-state index contributed by atoms with van der Waals surface area (Å²) in [6.07, 6.45) is 2.37. The number of hydrogen-bond acceptors (Lipinski definition) is 9. The van der Waals surface area contributed by atoms with Crippen LogP contribution in [0.1, 0.15) is 22.3 Å². The number of ether oxygens (including phenoxy) is 2. The van der Waals surface area contributed by atoms with Gasteiger partial charge in [-0.1, -0.05) is 36.1 Å². The van der Waals surface area contributed by atoms with E-state index in [1.165, 1.54) is 23.9 Å². The fraction of sp³-hybridized carbons (Fsp3) is 0.143. The van der Waals surface area contributed by atoms with Crippen LogP contribution in [0.5, 0.6) is 11.5 Å². The fourth-order valence-corrected chi connectivity index (χ4v) is 5.41. The van der Waals surface area contributed by atoms with E-state index in [4.69, 9.17) is 36.9 Å². The molecule has 0 unspecified atom stereocenters. The van der Waals surface area contributed by atoms with Crippen molar-refractivity contribution in [2.75, 3.05) is 26.0 Å². The van der Waals surface area contributed by atoms with E-state index in [1.807, 2.05) is 36.4 Å². The van der Waals surface area contributed by atoms with E-state index in [0.717, 1.165) is 16.7 Å². The molecule has 39 heavy (non-hydrogen) atoms. The van der Waals surface area contributed by atoms with Crippen LogP contribution in [-0.2, 0) is 4.79 Å². The van der Waals surface area contributed by atoms with Gasteiger partial charge in [0.05, 0.1) is 24.2 Å². The third-order valence-corrected chi connectivity index (χ3v) is 7.38. The maximum atomic E-state index is 13.1. The van der Waals surface area contributed by atoms with E-state index in [2.05, 4.69) is 4.98 Å². The normalized spacial score (nSPS) is 14.4. The van der Waals surface area contributed by atoms with E-state index < -0.39 is 5.97 Å². The van der Waals surface area contributed by atoms with Gasteiger partial charge in [0.2, 0.25) is 0 Å². The number of aromatic nitrogens is 1. The Hall–Kier alpha value is -4.35. The third kappa shape index (κ3) is 5.74. The number of carboxylic acid groups (broad SMARTS) is 1. The van der Waals surface area contributed by atoms with Crippen molar-refractivity contribution in [3.63, 3.8) is 0 Å². The summed E-state index contributed by atoms with van der Waals surface area (Å²) in [5.41, 5.74) is 9.62. The molecule has 4 aromatic rings. The zero-order valence-corrected chi connectivity index (χ0v) is 22.4. The molecule has 0 aliphatic carbocycles. The van der Waals surface area contributed by atoms with Crippen molar-refractivity contribution in [2.45, 2.75) is 6.42 Å². The van der Waals surface area contributed by atoms with Crippen molar-refractivity contribution < 1.29 is 28.6 Å². The van der Waals surface area contributed by atoms with Gasteiger partial charge < -0.3 is 24.7 Å². The number of amides is 1. The number of hydrogen-bond donors (Lipinski definition) is 2. The minimum atomic E-state index is -0.992. The van der Waals surface area contributed by atoms with Gasteiger partial charge in [-0.2, -0.15) is 4.98 Å². The molecule has 1 fully saturated rings. The Labute approximate surface area is 233 Å². The Balaban J connectivity index is 1.27. The van der Waals surface area contributed by atoms with Crippen LogP contribution in [-0.4, -0.2) is 51.4 Å². The van der Waals surface area contributed by atoms with E-state index in [9.17, 15) is 9.59 Å². The lowest BCUT2D eigenvalue weighted by atomic mass is 10.0. The number of nitrogens with zero attached hydrogens (tertiary/aromatic N) is 2. The monoisotopic (exact) mass is 561 g/mol. The standard InChI is InChI=1S/C28H23N3O6S2/c1-35-22-9-3-16(13-20(22)18-6-10-23-21(15-18)30-27(29)37-23)14-24-25(32)31(28(38)39-24)11-2-12-36-19-7-4-17(5-8-19)26(33)34/h3-10,13-15H,2,11-12H2,1H3,(H2,29,30)(H,33,34)/b24-14-. The van der Waals surface area contributed by atoms with Crippen molar-refractivity contribution in [3.8, 4) is 22.6 Å². The number of oxazole rings is 1. The van der Waals surface area contributed by atoms with Crippen LogP contribution in [0.4, 0.5) is 6.01 Å². The SMILES string of the molecule is COc1ccc(/C=C2\SC(=S)N(CCCOc3ccc(C(=O)O)cc3)C2=O)cc1-c1ccc2oc(N)nc2c1. The number of benzene rings is 3. The molecule has 1 saturated heterocycles. The topological polar surface area (TPSA) is 128 Å². The highest BCUT2D eigenvalue weighted by Gasteiger charge is 2.31. The maximum absolute atomic E-state index is 13.1. The molecule has 1 aliphatic rings. The molecule has 198 valence electrons. The number of rotatable bonds is 9. The summed E-state index contributed by atoms with van der Waals surface area (Å²) in [4.78, 5) is 30.4. The summed E-state index contributed by atoms with van der Waals surface area (Å²) in [5.74, 6) is 0.0843. The molecule has 0 atom stereocenters. The molecule has 9 nitrogen and oxygen atoms in total. The number of methoxy groups -OCH3 is 1. The smallest absolute Gasteiger partial charge is 0.335 e. The molecule has 0 spiro atoms. The lowest BCUT2D eigenvalue weighted by molar-refractivity contribution is -0.122. The molecular formula is C28H23N3O6S2. The van der Waals surface area contributed by atoms with Crippen LogP contribution in [0.2, 0.25) is 0 Å². The average molecular weight is 562 g/mol. The first kappa shape index (κ1) is 26.3. The molecule has 3 aromatic carbocycles. The Kier molecular flexibility index (Phi) is 7.53. The lowest BCUT2D eigenvalue weighted by Gasteiger charge is -2.14. The minimum absolute atomic E-state index is 0.103. The number of carbonyl (C=O) groups excluding carboxylic acids is 1. The second kappa shape index (κ2) is 11.2. The zero-order valence-electron chi connectivity index (χ0n) is 20.7. The molecule has 1 aromatic heterocycles. The highest BCUT2D eigenvalue weighted by molar-refractivity contribution is 8.26. The highest BCUT2D eigenvalue weighted by Crippen LogP contribution is 2.36. The van der Waals surface area contributed by atoms with Crippen LogP contribution in [0.15, 0.2) is 70.0 Å². The molecule has 0 bridgehead atoms. The second-order valence-electron chi connectivity index (χ2n) is 8.56. The first-order valence-corrected chi connectivity index (χ1v) is 13.1. The maximum Gasteiger partial charge on any atom is 0.335 e. The van der Waals surface area contributed by atoms with Crippen molar-refractivity contribution in [1.82, 2.24) is 9.88 Å². The van der Waals surface area contributed by atoms with Gasteiger partial charge in [-0.15, -0.1) is 0 Å². The van der Waals surface area contributed by atoms with Crippen LogP contribution in [0.3, 0.4) is 0 Å². The Morgan fingerprint density at radius 3 is 2.72 bits per heavy atom. The number of nitrogens with two attached hydrogens (primary N) is 1. The third-order valence-electron chi connectivity index (χ3n) is 6.01. The van der Waals surface area contributed by atoms with Crippen LogP contribution < -0.4 is 15.2 Å². The van der Waals surface area contributed by atoms with Gasteiger partial charge in [0.25, 0.3) is 11.9 Å². The molecule has 5 rings (SSSR count). The predicted molar refractivity (Wildman–Crippen MR) is 154 cm³/mol. The molecular weight excluding hydrogens is 538 g/mol. The first-order valence-electron chi connectivity index (χ1n) is 11.9. The number of thioether (sulfide) groups is 1. The number of aromatic carboxylic acids is 1. The lowest BCUT2D eigenvalue weighted by Crippen LogP contribution is -2.29. The Morgan fingerprint density at radius 2 is 1.97 bits per heavy atom. The minimum Gasteiger partial charge on any atom is -0.496 e. The van der Waals surface area contributed by atoms with Gasteiger partial charge in [0.1, 0.15) is 21.3 Å². The number of anilines is 1. The Bertz CT molecular complexity index is 1610. The van der Waals surface area contributed by atoms with Crippen LogP contribution in [0, 0.1) is 0 Å². The summed E-state index contributed by atoms with van der Waals surface area (Å²) >= 11 is 6.72. The fourth-order valence-electron chi connectivity index (χ4n) is 4.10. The summed E-state index contributed by atoms with van der Waals surface area (Å²) in [5, 5.41) is 8.99. The highest BCUT2D eigenvalue weighted by atomic mass is 32.2. The summed E-state index contributed by atoms with van der Waals surface area (Å²) < 4.78 is 17.1. The van der Waals surface area contributed by atoms with E-state index in [1.54, 1.807) is 30.2 Å². The first-order chi connectivity index (χ1) is 18.8. The van der Waals surface area contributed by atoms with Gasteiger partial charge in [-0.05, 0) is 72.2 Å². The summed E-state index contributed by atoms with van der Waals surface area (Å²) in [7, 11) is 1.60. The van der Waals surface area contributed by atoms with Crippen molar-refractivity contribution in [2.24, 2.45) is 0 Å². The van der Waals surface area contributed by atoms with Gasteiger partial charge in [-0.3, -0.25) is 9.69 Å². The van der Waals surface area contributed by atoms with Gasteiger partial charge >= 0.3 is 5.97 Å².